The van der Waals surface area contributed by atoms with Crippen LogP contribution < -0.4 is 4.90 Å². The van der Waals surface area contributed by atoms with Crippen molar-refractivity contribution in [2.45, 2.75) is 45.2 Å². The van der Waals surface area contributed by atoms with Gasteiger partial charge in [0, 0.05) is 12.2 Å². The summed E-state index contributed by atoms with van der Waals surface area (Å²) in [5.74, 6) is 0. The van der Waals surface area contributed by atoms with Crippen LogP contribution in [-0.4, -0.2) is 43.8 Å². The van der Waals surface area contributed by atoms with Crippen molar-refractivity contribution < 1.29 is 4.74 Å². The molecule has 2 aromatic rings. The van der Waals surface area contributed by atoms with Crippen LogP contribution in [0.15, 0.2) is 66.2 Å². The van der Waals surface area contributed by atoms with Crippen LogP contribution in [0.4, 0.5) is 5.69 Å². The maximum absolute atomic E-state index is 6.11. The van der Waals surface area contributed by atoms with E-state index in [1.54, 1.807) is 0 Å². The van der Waals surface area contributed by atoms with Gasteiger partial charge in [-0.1, -0.05) is 60.2 Å². The second-order valence-corrected chi connectivity index (χ2v) is 8.63. The van der Waals surface area contributed by atoms with E-state index in [9.17, 15) is 0 Å². The highest BCUT2D eigenvalue weighted by Crippen LogP contribution is 2.40. The molecule has 2 heterocycles. The standard InChI is InChI=1S/C26H34N2O/c1-21(2)14-17-29-20-24(27-15-8-9-16-27)19-28-25-13-7-6-12-23(25)18-26(28)22-10-4-3-5-11-22/h3-7,10-14,24,26H,8-9,15-20H2,1-2H3. The molecule has 2 unspecified atom stereocenters. The summed E-state index contributed by atoms with van der Waals surface area (Å²) in [7, 11) is 0. The highest BCUT2D eigenvalue weighted by atomic mass is 16.5. The summed E-state index contributed by atoms with van der Waals surface area (Å²) < 4.78 is 6.11. The lowest BCUT2D eigenvalue weighted by atomic mass is 10.0. The first-order valence-corrected chi connectivity index (χ1v) is 11.1. The molecule has 0 aliphatic carbocycles. The number of hydrogen-bond donors (Lipinski definition) is 0. The molecule has 4 rings (SSSR count). The lowest BCUT2D eigenvalue weighted by Crippen LogP contribution is -2.46. The lowest BCUT2D eigenvalue weighted by molar-refractivity contribution is 0.0870. The van der Waals surface area contributed by atoms with Crippen molar-refractivity contribution in [2.24, 2.45) is 0 Å². The maximum atomic E-state index is 6.11. The molecule has 2 aliphatic heterocycles. The SMILES string of the molecule is CC(C)=CCOCC(CN1c2ccccc2CC1c1ccccc1)N1CCCC1. The smallest absolute Gasteiger partial charge is 0.0650 e. The van der Waals surface area contributed by atoms with Crippen molar-refractivity contribution in [3.05, 3.63) is 77.4 Å². The summed E-state index contributed by atoms with van der Waals surface area (Å²) >= 11 is 0. The van der Waals surface area contributed by atoms with Crippen molar-refractivity contribution in [1.29, 1.82) is 0 Å². The highest BCUT2D eigenvalue weighted by Gasteiger charge is 2.33. The molecule has 3 nitrogen and oxygen atoms in total. The number of nitrogens with zero attached hydrogens (tertiary/aromatic N) is 2. The van der Waals surface area contributed by atoms with Crippen molar-refractivity contribution in [3.8, 4) is 0 Å². The number of likely N-dealkylation sites (tertiary alicyclic amines) is 1. The fraction of sp³-hybridized carbons (Fsp3) is 0.462. The molecule has 0 bridgehead atoms. The average Bonchev–Trinajstić information content (AvgIpc) is 3.39. The summed E-state index contributed by atoms with van der Waals surface area (Å²) in [5, 5.41) is 0. The van der Waals surface area contributed by atoms with Crippen molar-refractivity contribution in [2.75, 3.05) is 37.7 Å². The third-order valence-corrected chi connectivity index (χ3v) is 6.26. The number of rotatable bonds is 8. The molecule has 154 valence electrons. The zero-order chi connectivity index (χ0) is 20.1. The molecule has 0 amide bonds. The van der Waals surface area contributed by atoms with Crippen LogP contribution in [-0.2, 0) is 11.2 Å². The molecule has 2 aliphatic rings. The predicted molar refractivity (Wildman–Crippen MR) is 122 cm³/mol. The van der Waals surface area contributed by atoms with Crippen LogP contribution in [0.2, 0.25) is 0 Å². The summed E-state index contributed by atoms with van der Waals surface area (Å²) in [4.78, 5) is 5.28. The normalized spacial score (nSPS) is 19.9. The van der Waals surface area contributed by atoms with E-state index in [1.807, 2.05) is 0 Å². The molecule has 1 fully saturated rings. The van der Waals surface area contributed by atoms with Crippen LogP contribution in [0, 0.1) is 0 Å². The summed E-state index contributed by atoms with van der Waals surface area (Å²) in [6, 6.07) is 20.8. The van der Waals surface area contributed by atoms with Crippen LogP contribution in [0.1, 0.15) is 43.9 Å². The van der Waals surface area contributed by atoms with Gasteiger partial charge in [0.25, 0.3) is 0 Å². The minimum atomic E-state index is 0.413. The Balaban J connectivity index is 1.55. The minimum Gasteiger partial charge on any atom is -0.376 e. The van der Waals surface area contributed by atoms with E-state index in [0.717, 1.165) is 19.6 Å². The van der Waals surface area contributed by atoms with E-state index in [2.05, 4.69) is 84.3 Å². The lowest BCUT2D eigenvalue weighted by Gasteiger charge is -2.35. The second kappa shape index (κ2) is 9.60. The first-order chi connectivity index (χ1) is 14.2. The van der Waals surface area contributed by atoms with Gasteiger partial charge in [0.05, 0.1) is 25.3 Å². The molecule has 0 aromatic heterocycles. The van der Waals surface area contributed by atoms with E-state index in [4.69, 9.17) is 4.74 Å². The molecule has 1 saturated heterocycles. The van der Waals surface area contributed by atoms with Gasteiger partial charge in [-0.3, -0.25) is 4.90 Å². The molecule has 0 N–H and O–H groups in total. The van der Waals surface area contributed by atoms with Gasteiger partial charge >= 0.3 is 0 Å². The summed E-state index contributed by atoms with van der Waals surface area (Å²) in [5.41, 5.74) is 5.59. The third-order valence-electron chi connectivity index (χ3n) is 6.26. The van der Waals surface area contributed by atoms with Gasteiger partial charge < -0.3 is 9.64 Å². The second-order valence-electron chi connectivity index (χ2n) is 8.63. The molecular formula is C26H34N2O. The number of anilines is 1. The Bertz CT molecular complexity index is 806. The Morgan fingerprint density at radius 2 is 1.76 bits per heavy atom. The molecule has 2 atom stereocenters. The van der Waals surface area contributed by atoms with Crippen molar-refractivity contribution >= 4 is 5.69 Å². The Morgan fingerprint density at radius 3 is 2.52 bits per heavy atom. The maximum Gasteiger partial charge on any atom is 0.0650 e. The van der Waals surface area contributed by atoms with Gasteiger partial charge in [-0.25, -0.2) is 0 Å². The van der Waals surface area contributed by atoms with Crippen LogP contribution in [0.3, 0.4) is 0 Å². The largest absolute Gasteiger partial charge is 0.376 e. The molecule has 2 aromatic carbocycles. The highest BCUT2D eigenvalue weighted by molar-refractivity contribution is 5.61. The zero-order valence-corrected chi connectivity index (χ0v) is 17.9. The number of hydrogen-bond acceptors (Lipinski definition) is 3. The number of para-hydroxylation sites is 1. The fourth-order valence-electron chi connectivity index (χ4n) is 4.69. The molecule has 0 radical (unpaired) electrons. The number of ether oxygens (including phenoxy) is 1. The van der Waals surface area contributed by atoms with Crippen LogP contribution >= 0.6 is 0 Å². The summed E-state index contributed by atoms with van der Waals surface area (Å²) in [6.07, 6.45) is 5.89. The van der Waals surface area contributed by atoms with E-state index >= 15 is 0 Å². The van der Waals surface area contributed by atoms with E-state index in [-0.39, 0.29) is 0 Å². The first-order valence-electron chi connectivity index (χ1n) is 11.1. The van der Waals surface area contributed by atoms with Gasteiger partial charge in [0.15, 0.2) is 0 Å². The van der Waals surface area contributed by atoms with Gasteiger partial charge in [0.2, 0.25) is 0 Å². The first kappa shape index (κ1) is 20.2. The van der Waals surface area contributed by atoms with Gasteiger partial charge in [0.1, 0.15) is 0 Å². The minimum absolute atomic E-state index is 0.413. The van der Waals surface area contributed by atoms with Gasteiger partial charge in [-0.05, 0) is 63.4 Å². The number of fused-ring (bicyclic) bond motifs is 1. The molecule has 3 heteroatoms. The Kier molecular flexibility index (Phi) is 6.68. The van der Waals surface area contributed by atoms with E-state index < -0.39 is 0 Å². The molecule has 0 spiro atoms. The molecular weight excluding hydrogens is 356 g/mol. The van der Waals surface area contributed by atoms with Crippen LogP contribution in [0.5, 0.6) is 0 Å². The molecule has 29 heavy (non-hydrogen) atoms. The van der Waals surface area contributed by atoms with Gasteiger partial charge in [-0.2, -0.15) is 0 Å². The van der Waals surface area contributed by atoms with E-state index in [0.29, 0.717) is 18.7 Å². The number of benzene rings is 2. The van der Waals surface area contributed by atoms with E-state index in [1.165, 1.54) is 48.3 Å². The Morgan fingerprint density at radius 1 is 1.03 bits per heavy atom. The Hall–Kier alpha value is -2.10. The topological polar surface area (TPSA) is 15.7 Å². The molecule has 0 saturated carbocycles. The third kappa shape index (κ3) is 4.91. The van der Waals surface area contributed by atoms with Gasteiger partial charge in [-0.15, -0.1) is 0 Å². The van der Waals surface area contributed by atoms with Crippen molar-refractivity contribution in [3.63, 3.8) is 0 Å². The zero-order valence-electron chi connectivity index (χ0n) is 17.9. The average molecular weight is 391 g/mol. The monoisotopic (exact) mass is 390 g/mol. The Labute approximate surface area is 176 Å². The summed E-state index contributed by atoms with van der Waals surface area (Å²) in [6.45, 7) is 9.19. The van der Waals surface area contributed by atoms with Crippen LogP contribution in [0.25, 0.3) is 0 Å². The fourth-order valence-corrected chi connectivity index (χ4v) is 4.69. The predicted octanol–water partition coefficient (Wildman–Crippen LogP) is 5.24. The number of allylic oxidation sites excluding steroid dienone is 1. The van der Waals surface area contributed by atoms with Crippen molar-refractivity contribution in [1.82, 2.24) is 4.90 Å². The quantitative estimate of drug-likeness (QED) is 0.453.